The Morgan fingerprint density at radius 1 is 0.381 bits per heavy atom. The summed E-state index contributed by atoms with van der Waals surface area (Å²) in [5, 5.41) is 10.9. The van der Waals surface area contributed by atoms with Crippen molar-refractivity contribution in [2.24, 2.45) is 0 Å². The molecule has 0 aromatic heterocycles. The third kappa shape index (κ3) is 1.65. The minimum atomic E-state index is 0. The summed E-state index contributed by atoms with van der Waals surface area (Å²) in [6.07, 6.45) is 0. The van der Waals surface area contributed by atoms with Gasteiger partial charge in [-0.3, -0.25) is 0 Å². The van der Waals surface area contributed by atoms with Gasteiger partial charge in [0.15, 0.2) is 0 Å². The molecular weight excluding hydrogens is 449 g/mol. The summed E-state index contributed by atoms with van der Waals surface area (Å²) in [6, 6.07) is 26.4. The maximum absolute atomic E-state index is 2.25. The van der Waals surface area contributed by atoms with E-state index in [4.69, 9.17) is 0 Å². The maximum Gasteiger partial charge on any atom is -0.00264 e. The molecule has 0 fully saturated rings. The molecule has 1 heteroatoms. The average molecular weight is 464 g/mol. The summed E-state index contributed by atoms with van der Waals surface area (Å²) in [5.41, 5.74) is 0. The number of fused-ring (bicyclic) bond motifs is 2. The van der Waals surface area contributed by atoms with Gasteiger partial charge in [-0.2, -0.15) is 0 Å². The zero-order chi connectivity index (χ0) is 13.1. The van der Waals surface area contributed by atoms with Crippen LogP contribution in [0.15, 0.2) is 72.8 Å². The predicted octanol–water partition coefficient (Wildman–Crippen LogP) is 4.55. The van der Waals surface area contributed by atoms with Gasteiger partial charge in [0.1, 0.15) is 0 Å². The van der Waals surface area contributed by atoms with Gasteiger partial charge in [0, 0.05) is 0 Å². The largest absolute Gasteiger partial charge is 0.0610 e. The first-order valence-electron chi connectivity index (χ1n) is 6.98. The Bertz CT molecular complexity index is 923. The van der Waals surface area contributed by atoms with E-state index in [0.717, 1.165) is 0 Å². The van der Waals surface area contributed by atoms with Crippen LogP contribution in [0.4, 0.5) is 0 Å². The van der Waals surface area contributed by atoms with Crippen molar-refractivity contribution in [1.82, 2.24) is 0 Å². The van der Waals surface area contributed by atoms with Gasteiger partial charge in [-0.15, -0.1) is 0 Å². The number of hydrogen-bond donors (Lipinski definition) is 0. The first-order valence-corrected chi connectivity index (χ1v) is 6.98. The Labute approximate surface area is 141 Å². The summed E-state index contributed by atoms with van der Waals surface area (Å²) in [7, 11) is 0. The third-order valence-corrected chi connectivity index (χ3v) is 4.39. The molecule has 0 nitrogen and oxygen atoms in total. The smallest absolute Gasteiger partial charge is 0.00264 e. The van der Waals surface area contributed by atoms with Crippen LogP contribution in [0.5, 0.6) is 0 Å². The quantitative estimate of drug-likeness (QED) is 0.179. The molecule has 0 N–H and O–H groups in total. The molecule has 5 rings (SSSR count). The van der Waals surface area contributed by atoms with Crippen LogP contribution in [0, 0.1) is 0 Å². The molecule has 100 valence electrons. The second kappa shape index (κ2) is 4.65. The van der Waals surface area contributed by atoms with Crippen LogP contribution in [0.3, 0.4) is 0 Å². The molecule has 0 spiro atoms. The van der Waals surface area contributed by atoms with Gasteiger partial charge < -0.3 is 0 Å². The summed E-state index contributed by atoms with van der Waals surface area (Å²) in [4.78, 5) is 0. The summed E-state index contributed by atoms with van der Waals surface area (Å²) in [5.74, 6) is 0. The van der Waals surface area contributed by atoms with E-state index in [-0.39, 0.29) is 26.2 Å². The molecule has 0 heterocycles. The second-order valence-electron chi connectivity index (χ2n) is 5.42. The van der Waals surface area contributed by atoms with Gasteiger partial charge in [0.2, 0.25) is 0 Å². The zero-order valence-electron chi connectivity index (χ0n) is 11.6. The average Bonchev–Trinajstić information content (AvgIpc) is 2.52. The van der Waals surface area contributed by atoms with Crippen molar-refractivity contribution in [1.29, 1.82) is 0 Å². The molecular formula is C20H15Bi. The summed E-state index contributed by atoms with van der Waals surface area (Å²) < 4.78 is 0. The van der Waals surface area contributed by atoms with Crippen LogP contribution in [0.1, 0.15) is 0 Å². The fraction of sp³-hybridized carbons (Fsp3) is 0. The fourth-order valence-electron chi connectivity index (χ4n) is 3.58. The Balaban J connectivity index is 0.00000115. The molecule has 0 unspecified atom stereocenters. The number of benzene rings is 5. The van der Waals surface area contributed by atoms with Crippen LogP contribution in [0.25, 0.3) is 43.1 Å². The van der Waals surface area contributed by atoms with E-state index in [9.17, 15) is 0 Å². The van der Waals surface area contributed by atoms with Crippen molar-refractivity contribution in [3.8, 4) is 0 Å². The Hall–Kier alpha value is -1.72. The Morgan fingerprint density at radius 3 is 0.952 bits per heavy atom. The van der Waals surface area contributed by atoms with Gasteiger partial charge in [-0.1, -0.05) is 72.8 Å². The van der Waals surface area contributed by atoms with Gasteiger partial charge in [0.05, 0.1) is 0 Å². The monoisotopic (exact) mass is 464 g/mol. The first-order chi connectivity index (χ1) is 9.93. The molecule has 0 aliphatic rings. The van der Waals surface area contributed by atoms with Crippen molar-refractivity contribution in [2.75, 3.05) is 0 Å². The van der Waals surface area contributed by atoms with Crippen LogP contribution in [0.2, 0.25) is 0 Å². The van der Waals surface area contributed by atoms with Gasteiger partial charge in [0.25, 0.3) is 0 Å². The van der Waals surface area contributed by atoms with E-state index in [0.29, 0.717) is 0 Å². The minimum Gasteiger partial charge on any atom is -0.0610 e. The molecule has 0 saturated carbocycles. The van der Waals surface area contributed by atoms with Gasteiger partial charge in [-0.05, 0) is 43.1 Å². The van der Waals surface area contributed by atoms with E-state index in [1.807, 2.05) is 0 Å². The topological polar surface area (TPSA) is 0 Å². The molecule has 0 bridgehead atoms. The molecule has 21 heavy (non-hydrogen) atoms. The van der Waals surface area contributed by atoms with Gasteiger partial charge in [-0.25, -0.2) is 0 Å². The maximum atomic E-state index is 2.25. The van der Waals surface area contributed by atoms with Crippen molar-refractivity contribution in [3.05, 3.63) is 72.8 Å². The zero-order valence-corrected chi connectivity index (χ0v) is 17.1. The van der Waals surface area contributed by atoms with Crippen molar-refractivity contribution < 1.29 is 0 Å². The second-order valence-corrected chi connectivity index (χ2v) is 5.42. The molecule has 0 amide bonds. The molecule has 0 aliphatic carbocycles. The van der Waals surface area contributed by atoms with Crippen LogP contribution in [-0.4, -0.2) is 26.2 Å². The number of hydrogen-bond acceptors (Lipinski definition) is 0. The molecule has 0 saturated heterocycles. The van der Waals surface area contributed by atoms with Gasteiger partial charge >= 0.3 is 26.2 Å². The third-order valence-electron chi connectivity index (χ3n) is 4.39. The fourth-order valence-corrected chi connectivity index (χ4v) is 3.58. The van der Waals surface area contributed by atoms with Crippen LogP contribution < -0.4 is 0 Å². The Morgan fingerprint density at radius 2 is 0.667 bits per heavy atom. The number of rotatable bonds is 0. The van der Waals surface area contributed by atoms with Crippen LogP contribution >= 0.6 is 0 Å². The van der Waals surface area contributed by atoms with Crippen molar-refractivity contribution in [3.63, 3.8) is 0 Å². The van der Waals surface area contributed by atoms with E-state index < -0.39 is 0 Å². The van der Waals surface area contributed by atoms with E-state index >= 15 is 0 Å². The van der Waals surface area contributed by atoms with Crippen molar-refractivity contribution in [2.45, 2.75) is 0 Å². The van der Waals surface area contributed by atoms with Crippen LogP contribution in [-0.2, 0) is 0 Å². The first kappa shape index (κ1) is 13.0. The van der Waals surface area contributed by atoms with Crippen molar-refractivity contribution >= 4 is 69.3 Å². The SMILES string of the molecule is [BiH3].c1cc2cccc3c4cccc5cccc(c(c1)c23)c54. The van der Waals surface area contributed by atoms with E-state index in [1.165, 1.54) is 43.1 Å². The predicted molar refractivity (Wildman–Crippen MR) is 97.6 cm³/mol. The molecule has 0 atom stereocenters. The molecule has 5 aromatic rings. The summed E-state index contributed by atoms with van der Waals surface area (Å²) >= 11 is 0. The minimum absolute atomic E-state index is 0. The van der Waals surface area contributed by atoms with E-state index in [1.54, 1.807) is 0 Å². The standard InChI is InChI=1S/C20H12.Bi.3H/c1-5-13-6-2-11-17-18-12-4-8-14-7-3-10-16(20(14)18)15(9-1)19(13)17;;;;/h1-12H;;;;. The normalized spacial score (nSPS) is 11.4. The molecule has 0 radical (unpaired) electrons. The Kier molecular flexibility index (Phi) is 2.87. The molecule has 5 aromatic carbocycles. The molecule has 0 aliphatic heterocycles. The van der Waals surface area contributed by atoms with E-state index in [2.05, 4.69) is 72.8 Å². The summed E-state index contributed by atoms with van der Waals surface area (Å²) in [6.45, 7) is 0.